The molecule has 3 rings (SSSR count). The molecule has 0 bridgehead atoms. The Morgan fingerprint density at radius 2 is 1.90 bits per heavy atom. The van der Waals surface area contributed by atoms with Crippen molar-refractivity contribution >= 4 is 45.3 Å². The minimum atomic E-state index is -1.03. The standard InChI is InChI=1S/C23H21BrN2O5/c1-4-10-31-21-13-19(24)16(12-20(21)30-5-2)11-18-14(3)25-26(22(18)27)17-8-6-15(7-9-17)23(28)29/h4,6-9,11-13H,1,5,10H2,2-3H3,(H,28,29). The van der Waals surface area contributed by atoms with Crippen molar-refractivity contribution in [2.45, 2.75) is 13.8 Å². The number of aromatic carboxylic acids is 1. The normalized spacial score (nSPS) is 14.5. The van der Waals surface area contributed by atoms with Gasteiger partial charge in [0.15, 0.2) is 11.5 Å². The first kappa shape index (κ1) is 22.3. The minimum Gasteiger partial charge on any atom is -0.490 e. The molecule has 0 fully saturated rings. The highest BCUT2D eigenvalue weighted by Crippen LogP contribution is 2.36. The summed E-state index contributed by atoms with van der Waals surface area (Å²) in [5.41, 5.74) is 2.32. The van der Waals surface area contributed by atoms with E-state index in [1.807, 2.05) is 6.92 Å². The van der Waals surface area contributed by atoms with Gasteiger partial charge in [-0.05, 0) is 61.9 Å². The summed E-state index contributed by atoms with van der Waals surface area (Å²) >= 11 is 3.53. The molecule has 0 aliphatic carbocycles. The van der Waals surface area contributed by atoms with Crippen LogP contribution in [0.3, 0.4) is 0 Å². The summed E-state index contributed by atoms with van der Waals surface area (Å²) in [6, 6.07) is 9.56. The highest BCUT2D eigenvalue weighted by molar-refractivity contribution is 9.10. The molecule has 160 valence electrons. The van der Waals surface area contributed by atoms with Crippen molar-refractivity contribution in [3.05, 3.63) is 70.2 Å². The number of amides is 1. The Kier molecular flexibility index (Phi) is 6.91. The Morgan fingerprint density at radius 3 is 2.52 bits per heavy atom. The zero-order valence-electron chi connectivity index (χ0n) is 17.1. The molecule has 0 atom stereocenters. The van der Waals surface area contributed by atoms with Crippen LogP contribution in [0.2, 0.25) is 0 Å². The average Bonchev–Trinajstić information content (AvgIpc) is 3.03. The van der Waals surface area contributed by atoms with Gasteiger partial charge >= 0.3 is 5.97 Å². The van der Waals surface area contributed by atoms with Crippen molar-refractivity contribution in [1.29, 1.82) is 0 Å². The predicted octanol–water partition coefficient (Wildman–Crippen LogP) is 4.92. The molecule has 2 aromatic carbocycles. The van der Waals surface area contributed by atoms with Gasteiger partial charge in [-0.15, -0.1) is 0 Å². The maximum absolute atomic E-state index is 13.0. The number of benzene rings is 2. The molecule has 1 amide bonds. The lowest BCUT2D eigenvalue weighted by molar-refractivity contribution is -0.114. The van der Waals surface area contributed by atoms with Gasteiger partial charge in [-0.25, -0.2) is 4.79 Å². The molecule has 1 aliphatic rings. The molecule has 0 aromatic heterocycles. The number of halogens is 1. The fourth-order valence-corrected chi connectivity index (χ4v) is 3.39. The summed E-state index contributed by atoms with van der Waals surface area (Å²) in [7, 11) is 0. The van der Waals surface area contributed by atoms with Crippen LogP contribution < -0.4 is 14.5 Å². The topological polar surface area (TPSA) is 88.4 Å². The number of hydrogen-bond donors (Lipinski definition) is 1. The molecule has 0 saturated heterocycles. The van der Waals surface area contributed by atoms with Gasteiger partial charge in [0.25, 0.3) is 5.91 Å². The summed E-state index contributed by atoms with van der Waals surface area (Å²) in [5, 5.41) is 14.6. The first-order chi connectivity index (χ1) is 14.8. The number of rotatable bonds is 8. The van der Waals surface area contributed by atoms with Crippen LogP contribution in [0.15, 0.2) is 64.2 Å². The number of carboxylic acid groups (broad SMARTS) is 1. The minimum absolute atomic E-state index is 0.137. The van der Waals surface area contributed by atoms with Gasteiger partial charge in [-0.2, -0.15) is 10.1 Å². The van der Waals surface area contributed by atoms with Gasteiger partial charge in [0.1, 0.15) is 6.61 Å². The van der Waals surface area contributed by atoms with Crippen LogP contribution in [-0.2, 0) is 4.79 Å². The summed E-state index contributed by atoms with van der Waals surface area (Å²) in [4.78, 5) is 24.1. The van der Waals surface area contributed by atoms with E-state index in [0.29, 0.717) is 41.7 Å². The van der Waals surface area contributed by atoms with E-state index >= 15 is 0 Å². The number of anilines is 1. The third-order valence-corrected chi connectivity index (χ3v) is 5.13. The van der Waals surface area contributed by atoms with Crippen LogP contribution in [0, 0.1) is 0 Å². The Balaban J connectivity index is 1.93. The van der Waals surface area contributed by atoms with Crippen LogP contribution in [0.25, 0.3) is 6.08 Å². The van der Waals surface area contributed by atoms with Crippen LogP contribution in [0.5, 0.6) is 11.5 Å². The molecule has 1 aliphatic heterocycles. The molecule has 2 aromatic rings. The summed E-state index contributed by atoms with van der Waals surface area (Å²) < 4.78 is 12.1. The molecule has 0 saturated carbocycles. The fourth-order valence-electron chi connectivity index (χ4n) is 2.95. The van der Waals surface area contributed by atoms with Gasteiger partial charge in [0.2, 0.25) is 0 Å². The van der Waals surface area contributed by atoms with E-state index in [9.17, 15) is 9.59 Å². The highest BCUT2D eigenvalue weighted by atomic mass is 79.9. The van der Waals surface area contributed by atoms with Crippen molar-refractivity contribution in [3.63, 3.8) is 0 Å². The van der Waals surface area contributed by atoms with E-state index in [1.54, 1.807) is 43.3 Å². The van der Waals surface area contributed by atoms with E-state index in [1.165, 1.54) is 17.1 Å². The van der Waals surface area contributed by atoms with E-state index < -0.39 is 5.97 Å². The number of hydrogen-bond acceptors (Lipinski definition) is 5. The SMILES string of the molecule is C=CCOc1cc(Br)c(C=C2C(=O)N(c3ccc(C(=O)O)cc3)N=C2C)cc1OCC. The van der Waals surface area contributed by atoms with Crippen LogP contribution in [-0.4, -0.2) is 35.9 Å². The van der Waals surface area contributed by atoms with E-state index in [2.05, 4.69) is 27.6 Å². The zero-order chi connectivity index (χ0) is 22.5. The maximum Gasteiger partial charge on any atom is 0.335 e. The first-order valence-electron chi connectivity index (χ1n) is 9.50. The Morgan fingerprint density at radius 1 is 1.23 bits per heavy atom. The highest BCUT2D eigenvalue weighted by Gasteiger charge is 2.29. The molecule has 0 spiro atoms. The number of carbonyl (C=O) groups is 2. The average molecular weight is 485 g/mol. The molecule has 8 heteroatoms. The summed E-state index contributed by atoms with van der Waals surface area (Å²) in [6.07, 6.45) is 3.38. The van der Waals surface area contributed by atoms with Crippen molar-refractivity contribution < 1.29 is 24.2 Å². The van der Waals surface area contributed by atoms with Crippen molar-refractivity contribution in [2.75, 3.05) is 18.2 Å². The molecule has 1 N–H and O–H groups in total. The largest absolute Gasteiger partial charge is 0.490 e. The quantitative estimate of drug-likeness (QED) is 0.424. The summed E-state index contributed by atoms with van der Waals surface area (Å²) in [5.74, 6) is -0.216. The molecule has 7 nitrogen and oxygen atoms in total. The molecule has 31 heavy (non-hydrogen) atoms. The second-order valence-corrected chi connectivity index (χ2v) is 7.42. The monoisotopic (exact) mass is 484 g/mol. The molecule has 0 radical (unpaired) electrons. The third kappa shape index (κ3) is 4.86. The Labute approximate surface area is 188 Å². The fraction of sp³-hybridized carbons (Fsp3) is 0.174. The Bertz CT molecular complexity index is 1090. The van der Waals surface area contributed by atoms with Crippen molar-refractivity contribution in [2.24, 2.45) is 5.10 Å². The lowest BCUT2D eigenvalue weighted by Crippen LogP contribution is -2.21. The van der Waals surface area contributed by atoms with Crippen LogP contribution >= 0.6 is 15.9 Å². The second-order valence-electron chi connectivity index (χ2n) is 6.57. The van der Waals surface area contributed by atoms with Gasteiger partial charge in [0, 0.05) is 4.47 Å². The number of nitrogens with zero attached hydrogens (tertiary/aromatic N) is 2. The number of carbonyl (C=O) groups excluding carboxylic acids is 1. The number of ether oxygens (including phenoxy) is 2. The molecular formula is C23H21BrN2O5. The molecule has 0 unspecified atom stereocenters. The lowest BCUT2D eigenvalue weighted by Gasteiger charge is -2.14. The van der Waals surface area contributed by atoms with E-state index in [0.717, 1.165) is 10.0 Å². The van der Waals surface area contributed by atoms with Gasteiger partial charge in [-0.3, -0.25) is 4.79 Å². The molecule has 1 heterocycles. The van der Waals surface area contributed by atoms with Gasteiger partial charge in [0.05, 0.1) is 29.1 Å². The summed E-state index contributed by atoms with van der Waals surface area (Å²) in [6.45, 7) is 8.07. The molecular weight excluding hydrogens is 464 g/mol. The first-order valence-corrected chi connectivity index (χ1v) is 10.3. The van der Waals surface area contributed by atoms with E-state index in [-0.39, 0.29) is 11.5 Å². The number of hydrazone groups is 1. The van der Waals surface area contributed by atoms with Gasteiger partial charge in [-0.1, -0.05) is 28.6 Å². The number of carboxylic acids is 1. The van der Waals surface area contributed by atoms with Crippen molar-refractivity contribution in [1.82, 2.24) is 0 Å². The Hall–Kier alpha value is -3.39. The lowest BCUT2D eigenvalue weighted by atomic mass is 10.1. The third-order valence-electron chi connectivity index (χ3n) is 4.44. The van der Waals surface area contributed by atoms with Gasteiger partial charge < -0.3 is 14.6 Å². The predicted molar refractivity (Wildman–Crippen MR) is 123 cm³/mol. The zero-order valence-corrected chi connectivity index (χ0v) is 18.7. The smallest absolute Gasteiger partial charge is 0.335 e. The van der Waals surface area contributed by atoms with E-state index in [4.69, 9.17) is 14.6 Å². The van der Waals surface area contributed by atoms with Crippen molar-refractivity contribution in [3.8, 4) is 11.5 Å². The second kappa shape index (κ2) is 9.61. The maximum atomic E-state index is 13.0. The van der Waals surface area contributed by atoms with Crippen LogP contribution in [0.1, 0.15) is 29.8 Å². The van der Waals surface area contributed by atoms with Crippen LogP contribution in [0.4, 0.5) is 5.69 Å².